The summed E-state index contributed by atoms with van der Waals surface area (Å²) in [5, 5.41) is 0. The van der Waals surface area contributed by atoms with Crippen LogP contribution in [-0.2, 0) is 26.6 Å². The summed E-state index contributed by atoms with van der Waals surface area (Å²) in [7, 11) is 2.26. The highest BCUT2D eigenvalue weighted by Gasteiger charge is 2.39. The molecule has 0 heterocycles. The lowest BCUT2D eigenvalue weighted by Crippen LogP contribution is -2.45. The van der Waals surface area contributed by atoms with Gasteiger partial charge in [-0.2, -0.15) is 0 Å². The van der Waals surface area contributed by atoms with Gasteiger partial charge < -0.3 is 26.6 Å². The van der Waals surface area contributed by atoms with Crippen LogP contribution < -0.4 is 0 Å². The van der Waals surface area contributed by atoms with E-state index in [1.54, 1.807) is 14.2 Å². The molecule has 0 radical (unpaired) electrons. The monoisotopic (exact) mass is 446 g/mol. The minimum Gasteiger partial charge on any atom is -0.377 e. The molecular formula is C16H38O6S2Si2. The first-order valence-corrected chi connectivity index (χ1v) is 15.8. The lowest BCUT2D eigenvalue weighted by Gasteiger charge is -2.27. The zero-order valence-electron chi connectivity index (χ0n) is 17.3. The third kappa shape index (κ3) is 11.0. The summed E-state index contributed by atoms with van der Waals surface area (Å²) in [5.74, 6) is 2.12. The highest BCUT2D eigenvalue weighted by molar-refractivity contribution is 8.76. The third-order valence-corrected chi connectivity index (χ3v) is 12.3. The zero-order valence-corrected chi connectivity index (χ0v) is 21.0. The van der Waals surface area contributed by atoms with Gasteiger partial charge in [0.15, 0.2) is 0 Å². The Labute approximate surface area is 170 Å². The van der Waals surface area contributed by atoms with E-state index >= 15 is 0 Å². The third-order valence-electron chi connectivity index (χ3n) is 3.58. The molecule has 0 unspecified atom stereocenters. The van der Waals surface area contributed by atoms with Crippen LogP contribution in [0.4, 0.5) is 0 Å². The van der Waals surface area contributed by atoms with Crippen LogP contribution in [0.15, 0.2) is 0 Å². The van der Waals surface area contributed by atoms with Gasteiger partial charge in [-0.05, 0) is 40.5 Å². The van der Waals surface area contributed by atoms with Gasteiger partial charge in [0.2, 0.25) is 0 Å². The van der Waals surface area contributed by atoms with Crippen molar-refractivity contribution in [3.63, 3.8) is 0 Å². The first-order valence-electron chi connectivity index (χ1n) is 9.48. The molecule has 0 fully saturated rings. The Morgan fingerprint density at radius 1 is 0.577 bits per heavy atom. The molecule has 6 nitrogen and oxygen atoms in total. The SMILES string of the molecule is CCO[Si](CCCSSCCC[Si](OC)(OCC)OCC)(OC)OCC. The standard InChI is InChI=1S/C16H38O6S2Si2/c1-7-19-25(17-5,20-8-2)15-11-13-23-24-14-12-16-26(18-6,21-9-3)22-10-4/h7-16H2,1-6H3. The average molecular weight is 447 g/mol. The molecule has 0 saturated heterocycles. The number of hydrogen-bond donors (Lipinski definition) is 0. The minimum atomic E-state index is -2.46. The van der Waals surface area contributed by atoms with Gasteiger partial charge >= 0.3 is 17.6 Å². The van der Waals surface area contributed by atoms with Crippen molar-refractivity contribution in [2.24, 2.45) is 0 Å². The van der Waals surface area contributed by atoms with E-state index in [1.165, 1.54) is 0 Å². The Morgan fingerprint density at radius 3 is 1.12 bits per heavy atom. The fourth-order valence-corrected chi connectivity index (χ4v) is 9.79. The number of rotatable bonds is 19. The molecule has 0 N–H and O–H groups in total. The topological polar surface area (TPSA) is 55.4 Å². The molecule has 0 aromatic carbocycles. The molecule has 0 aromatic rings. The molecule has 0 aromatic heterocycles. The summed E-state index contributed by atoms with van der Waals surface area (Å²) >= 11 is 0. The predicted octanol–water partition coefficient (Wildman–Crippen LogP) is 4.46. The van der Waals surface area contributed by atoms with Gasteiger partial charge in [0.05, 0.1) is 0 Å². The fourth-order valence-electron chi connectivity index (χ4n) is 2.50. The molecule has 0 aliphatic heterocycles. The zero-order chi connectivity index (χ0) is 19.7. The first kappa shape index (κ1) is 26.9. The maximum atomic E-state index is 5.80. The van der Waals surface area contributed by atoms with E-state index in [-0.39, 0.29) is 0 Å². The van der Waals surface area contributed by atoms with E-state index < -0.39 is 17.6 Å². The van der Waals surface area contributed by atoms with Crippen LogP contribution in [-0.4, -0.2) is 69.8 Å². The van der Waals surface area contributed by atoms with Crippen LogP contribution >= 0.6 is 21.6 Å². The van der Waals surface area contributed by atoms with Crippen molar-refractivity contribution in [2.45, 2.75) is 52.6 Å². The van der Waals surface area contributed by atoms with Gasteiger partial charge in [0.25, 0.3) is 0 Å². The Kier molecular flexibility index (Phi) is 17.4. The van der Waals surface area contributed by atoms with Crippen molar-refractivity contribution >= 4 is 39.2 Å². The Hall–Kier alpha value is 0.894. The van der Waals surface area contributed by atoms with Crippen molar-refractivity contribution in [1.29, 1.82) is 0 Å². The smallest absolute Gasteiger partial charge is 0.377 e. The Balaban J connectivity index is 3.98. The summed E-state index contributed by atoms with van der Waals surface area (Å²) in [4.78, 5) is 0. The average Bonchev–Trinajstić information content (AvgIpc) is 2.64. The summed E-state index contributed by atoms with van der Waals surface area (Å²) in [6, 6.07) is 1.74. The van der Waals surface area contributed by atoms with Crippen molar-refractivity contribution in [2.75, 3.05) is 52.2 Å². The molecule has 26 heavy (non-hydrogen) atoms. The van der Waals surface area contributed by atoms with E-state index in [0.717, 1.165) is 36.4 Å². The van der Waals surface area contributed by atoms with Crippen LogP contribution in [0.5, 0.6) is 0 Å². The molecule has 0 bridgehead atoms. The molecule has 0 atom stereocenters. The molecule has 158 valence electrons. The second kappa shape index (κ2) is 16.8. The van der Waals surface area contributed by atoms with Crippen LogP contribution in [0.3, 0.4) is 0 Å². The molecular weight excluding hydrogens is 408 g/mol. The Morgan fingerprint density at radius 2 is 0.885 bits per heavy atom. The molecule has 10 heteroatoms. The first-order chi connectivity index (χ1) is 12.6. The van der Waals surface area contributed by atoms with E-state index in [2.05, 4.69) is 0 Å². The summed E-state index contributed by atoms with van der Waals surface area (Å²) < 4.78 is 34.4. The molecule has 0 rings (SSSR count). The van der Waals surface area contributed by atoms with Crippen LogP contribution in [0.2, 0.25) is 12.1 Å². The maximum Gasteiger partial charge on any atom is 0.500 e. The predicted molar refractivity (Wildman–Crippen MR) is 116 cm³/mol. The second-order valence-corrected chi connectivity index (χ2v) is 13.8. The molecule has 0 aliphatic rings. The van der Waals surface area contributed by atoms with Crippen LogP contribution in [0.25, 0.3) is 0 Å². The van der Waals surface area contributed by atoms with Crippen LogP contribution in [0.1, 0.15) is 40.5 Å². The lowest BCUT2D eigenvalue weighted by atomic mass is 10.6. The van der Waals surface area contributed by atoms with Gasteiger partial charge in [-0.3, -0.25) is 0 Å². The maximum absolute atomic E-state index is 5.80. The van der Waals surface area contributed by atoms with Gasteiger partial charge in [-0.1, -0.05) is 21.6 Å². The molecule has 0 aliphatic carbocycles. The van der Waals surface area contributed by atoms with E-state index in [1.807, 2.05) is 49.3 Å². The quantitative estimate of drug-likeness (QED) is 0.164. The fraction of sp³-hybridized carbons (Fsp3) is 1.00. The highest BCUT2D eigenvalue weighted by atomic mass is 33.1. The molecule has 0 amide bonds. The van der Waals surface area contributed by atoms with Gasteiger partial charge in [-0.25, -0.2) is 0 Å². The minimum absolute atomic E-state index is 0.632. The Bertz CT molecular complexity index is 287. The summed E-state index contributed by atoms with van der Waals surface area (Å²) in [6.45, 7) is 10.5. The summed E-state index contributed by atoms with van der Waals surface area (Å²) in [5.41, 5.74) is 0. The van der Waals surface area contributed by atoms with Gasteiger partial charge in [0, 0.05) is 64.2 Å². The van der Waals surface area contributed by atoms with E-state index in [9.17, 15) is 0 Å². The second-order valence-electron chi connectivity index (χ2n) is 5.36. The van der Waals surface area contributed by atoms with Gasteiger partial charge in [-0.15, -0.1) is 0 Å². The highest BCUT2D eigenvalue weighted by Crippen LogP contribution is 2.28. The lowest BCUT2D eigenvalue weighted by molar-refractivity contribution is 0.0858. The largest absolute Gasteiger partial charge is 0.500 e. The van der Waals surface area contributed by atoms with E-state index in [0.29, 0.717) is 26.4 Å². The van der Waals surface area contributed by atoms with Crippen molar-refractivity contribution in [3.8, 4) is 0 Å². The molecule has 0 spiro atoms. The summed E-state index contributed by atoms with van der Waals surface area (Å²) in [6.07, 6.45) is 2.07. The normalized spacial score (nSPS) is 12.7. The number of hydrogen-bond acceptors (Lipinski definition) is 8. The molecule has 0 saturated carbocycles. The van der Waals surface area contributed by atoms with E-state index in [4.69, 9.17) is 26.6 Å². The van der Waals surface area contributed by atoms with Crippen LogP contribution in [0, 0.1) is 0 Å². The van der Waals surface area contributed by atoms with Crippen molar-refractivity contribution in [3.05, 3.63) is 0 Å². The van der Waals surface area contributed by atoms with Gasteiger partial charge in [0.1, 0.15) is 0 Å². The van der Waals surface area contributed by atoms with Crippen molar-refractivity contribution < 1.29 is 26.6 Å². The van der Waals surface area contributed by atoms with Crippen molar-refractivity contribution in [1.82, 2.24) is 0 Å².